The van der Waals surface area contributed by atoms with Crippen molar-refractivity contribution in [3.05, 3.63) is 34.9 Å². The predicted molar refractivity (Wildman–Crippen MR) is 76.3 cm³/mol. The van der Waals surface area contributed by atoms with Crippen LogP contribution in [0.3, 0.4) is 0 Å². The molecule has 0 bridgehead atoms. The lowest BCUT2D eigenvalue weighted by Gasteiger charge is -2.37. The van der Waals surface area contributed by atoms with Gasteiger partial charge in [0.1, 0.15) is 0 Å². The van der Waals surface area contributed by atoms with Gasteiger partial charge in [-0.15, -0.1) is 0 Å². The van der Waals surface area contributed by atoms with Crippen molar-refractivity contribution >= 4 is 11.6 Å². The first kappa shape index (κ1) is 13.9. The molecule has 100 valence electrons. The fourth-order valence-electron chi connectivity index (χ4n) is 2.49. The Bertz CT molecular complexity index is 377. The number of nitrogens with one attached hydrogen (secondary N) is 1. The zero-order valence-corrected chi connectivity index (χ0v) is 11.9. The van der Waals surface area contributed by atoms with Crippen LogP contribution in [0.5, 0.6) is 0 Å². The van der Waals surface area contributed by atoms with E-state index in [4.69, 9.17) is 16.3 Å². The maximum atomic E-state index is 6.01. The molecule has 2 nitrogen and oxygen atoms in total. The second kappa shape index (κ2) is 6.55. The van der Waals surface area contributed by atoms with Gasteiger partial charge >= 0.3 is 0 Å². The van der Waals surface area contributed by atoms with Crippen LogP contribution in [0.2, 0.25) is 5.02 Å². The standard InChI is InChI=1S/C15H22ClNO/c1-3-18-11(2)10-17-15-8-13(9-15)12-5-4-6-14(16)7-12/h4-7,11,13,15,17H,3,8-10H2,1-2H3. The van der Waals surface area contributed by atoms with Crippen molar-refractivity contribution in [3.63, 3.8) is 0 Å². The van der Waals surface area contributed by atoms with Gasteiger partial charge in [0.2, 0.25) is 0 Å². The fraction of sp³-hybridized carbons (Fsp3) is 0.600. The van der Waals surface area contributed by atoms with Crippen molar-refractivity contribution < 1.29 is 4.74 Å². The molecule has 1 saturated carbocycles. The minimum absolute atomic E-state index is 0.306. The van der Waals surface area contributed by atoms with Gasteiger partial charge in [-0.2, -0.15) is 0 Å². The van der Waals surface area contributed by atoms with Crippen LogP contribution in [-0.4, -0.2) is 25.3 Å². The SMILES string of the molecule is CCOC(C)CNC1CC(c2cccc(Cl)c2)C1. The Labute approximate surface area is 115 Å². The second-order valence-electron chi connectivity index (χ2n) is 5.09. The van der Waals surface area contributed by atoms with Crippen LogP contribution in [0, 0.1) is 0 Å². The Morgan fingerprint density at radius 2 is 2.22 bits per heavy atom. The van der Waals surface area contributed by atoms with Crippen LogP contribution in [-0.2, 0) is 4.74 Å². The highest BCUT2D eigenvalue weighted by molar-refractivity contribution is 6.30. The average molecular weight is 268 g/mol. The zero-order chi connectivity index (χ0) is 13.0. The maximum absolute atomic E-state index is 6.01. The van der Waals surface area contributed by atoms with Crippen molar-refractivity contribution in [2.75, 3.05) is 13.2 Å². The Balaban J connectivity index is 1.71. The molecule has 0 heterocycles. The molecule has 2 rings (SSSR count). The Kier molecular flexibility index (Phi) is 5.04. The van der Waals surface area contributed by atoms with Crippen molar-refractivity contribution in [1.29, 1.82) is 0 Å². The summed E-state index contributed by atoms with van der Waals surface area (Å²) in [5.74, 6) is 0.670. The highest BCUT2D eigenvalue weighted by Crippen LogP contribution is 2.37. The summed E-state index contributed by atoms with van der Waals surface area (Å²) in [6, 6.07) is 8.87. The van der Waals surface area contributed by atoms with E-state index in [-0.39, 0.29) is 0 Å². The minimum Gasteiger partial charge on any atom is -0.377 e. The third-order valence-electron chi connectivity index (χ3n) is 3.60. The summed E-state index contributed by atoms with van der Waals surface area (Å²) in [5.41, 5.74) is 1.37. The van der Waals surface area contributed by atoms with E-state index in [0.717, 1.165) is 18.2 Å². The topological polar surface area (TPSA) is 21.3 Å². The van der Waals surface area contributed by atoms with Crippen molar-refractivity contribution in [1.82, 2.24) is 5.32 Å². The Morgan fingerprint density at radius 1 is 1.44 bits per heavy atom. The van der Waals surface area contributed by atoms with Crippen molar-refractivity contribution in [3.8, 4) is 0 Å². The molecule has 1 fully saturated rings. The van der Waals surface area contributed by atoms with Crippen LogP contribution < -0.4 is 5.32 Å². The quantitative estimate of drug-likeness (QED) is 0.850. The van der Waals surface area contributed by atoms with Gasteiger partial charge in [-0.3, -0.25) is 0 Å². The molecule has 0 aromatic heterocycles. The molecule has 1 aliphatic rings. The van der Waals surface area contributed by atoms with Crippen molar-refractivity contribution in [2.45, 2.75) is 44.8 Å². The molecule has 1 aliphatic carbocycles. The van der Waals surface area contributed by atoms with E-state index in [2.05, 4.69) is 24.4 Å². The smallest absolute Gasteiger partial charge is 0.0671 e. The molecule has 0 amide bonds. The summed E-state index contributed by atoms with van der Waals surface area (Å²) in [6.07, 6.45) is 2.72. The van der Waals surface area contributed by atoms with Crippen LogP contribution in [0.4, 0.5) is 0 Å². The summed E-state index contributed by atoms with van der Waals surface area (Å²) in [7, 11) is 0. The van der Waals surface area contributed by atoms with Gasteiger partial charge in [0, 0.05) is 24.2 Å². The molecule has 1 aromatic rings. The third kappa shape index (κ3) is 3.71. The number of benzene rings is 1. The molecule has 1 aromatic carbocycles. The van der Waals surface area contributed by atoms with Crippen molar-refractivity contribution in [2.24, 2.45) is 0 Å². The fourth-order valence-corrected chi connectivity index (χ4v) is 2.69. The summed E-state index contributed by atoms with van der Waals surface area (Å²) in [5, 5.41) is 4.40. The average Bonchev–Trinajstić information content (AvgIpc) is 2.27. The van der Waals surface area contributed by atoms with Gasteiger partial charge in [-0.1, -0.05) is 23.7 Å². The molecular weight excluding hydrogens is 246 g/mol. The summed E-state index contributed by atoms with van der Waals surface area (Å²) >= 11 is 6.01. The lowest BCUT2D eigenvalue weighted by atomic mass is 9.76. The van der Waals surface area contributed by atoms with E-state index >= 15 is 0 Å². The first-order valence-electron chi connectivity index (χ1n) is 6.79. The molecule has 3 heteroatoms. The van der Waals surface area contributed by atoms with Gasteiger partial charge in [-0.25, -0.2) is 0 Å². The van der Waals surface area contributed by atoms with Gasteiger partial charge in [0.05, 0.1) is 6.10 Å². The number of ether oxygens (including phenoxy) is 1. The number of rotatable bonds is 6. The number of halogens is 1. The number of hydrogen-bond acceptors (Lipinski definition) is 2. The van der Waals surface area contributed by atoms with E-state index in [9.17, 15) is 0 Å². The largest absolute Gasteiger partial charge is 0.377 e. The zero-order valence-electron chi connectivity index (χ0n) is 11.2. The molecule has 1 unspecified atom stereocenters. The molecule has 0 aliphatic heterocycles. The molecule has 1 atom stereocenters. The van der Waals surface area contributed by atoms with E-state index < -0.39 is 0 Å². The molecule has 0 radical (unpaired) electrons. The summed E-state index contributed by atoms with van der Waals surface area (Å²) in [4.78, 5) is 0. The molecule has 18 heavy (non-hydrogen) atoms. The second-order valence-corrected chi connectivity index (χ2v) is 5.53. The predicted octanol–water partition coefficient (Wildman–Crippen LogP) is 3.60. The van der Waals surface area contributed by atoms with Gasteiger partial charge < -0.3 is 10.1 Å². The maximum Gasteiger partial charge on any atom is 0.0671 e. The molecule has 1 N–H and O–H groups in total. The Hall–Kier alpha value is -0.570. The number of hydrogen-bond donors (Lipinski definition) is 1. The van der Waals surface area contributed by atoms with Gasteiger partial charge in [0.25, 0.3) is 0 Å². The van der Waals surface area contributed by atoms with E-state index in [0.29, 0.717) is 18.1 Å². The lowest BCUT2D eigenvalue weighted by Crippen LogP contribution is -2.43. The molecule has 0 saturated heterocycles. The molecule has 0 spiro atoms. The summed E-state index contributed by atoms with van der Waals surface area (Å²) < 4.78 is 5.51. The Morgan fingerprint density at radius 3 is 2.89 bits per heavy atom. The van der Waals surface area contributed by atoms with Gasteiger partial charge in [-0.05, 0) is 50.3 Å². The van der Waals surface area contributed by atoms with E-state index in [1.54, 1.807) is 0 Å². The lowest BCUT2D eigenvalue weighted by molar-refractivity contribution is 0.0702. The molecular formula is C15H22ClNO. The van der Waals surface area contributed by atoms with Gasteiger partial charge in [0.15, 0.2) is 0 Å². The van der Waals surface area contributed by atoms with E-state index in [1.165, 1.54) is 18.4 Å². The monoisotopic (exact) mass is 267 g/mol. The normalized spacial score (nSPS) is 24.6. The first-order valence-corrected chi connectivity index (χ1v) is 7.17. The highest BCUT2D eigenvalue weighted by atomic mass is 35.5. The summed E-state index contributed by atoms with van der Waals surface area (Å²) in [6.45, 7) is 5.89. The first-order chi connectivity index (χ1) is 8.69. The van der Waals surface area contributed by atoms with Crippen LogP contribution in [0.1, 0.15) is 38.2 Å². The minimum atomic E-state index is 0.306. The van der Waals surface area contributed by atoms with Crippen LogP contribution >= 0.6 is 11.6 Å². The van der Waals surface area contributed by atoms with Crippen LogP contribution in [0.15, 0.2) is 24.3 Å². The van der Waals surface area contributed by atoms with Crippen LogP contribution in [0.25, 0.3) is 0 Å². The van der Waals surface area contributed by atoms with E-state index in [1.807, 2.05) is 19.1 Å². The third-order valence-corrected chi connectivity index (χ3v) is 3.84. The highest BCUT2D eigenvalue weighted by Gasteiger charge is 2.30.